The third kappa shape index (κ3) is 2.14. The van der Waals surface area contributed by atoms with E-state index in [2.05, 4.69) is 15.1 Å². The van der Waals surface area contributed by atoms with Crippen molar-refractivity contribution in [3.63, 3.8) is 0 Å². The van der Waals surface area contributed by atoms with Crippen molar-refractivity contribution >= 4 is 22.9 Å². The molecule has 0 aliphatic carbocycles. The molecule has 18 heavy (non-hydrogen) atoms. The molecule has 0 saturated heterocycles. The Hall–Kier alpha value is -1.72. The average Bonchev–Trinajstić information content (AvgIpc) is 3.09. The number of aromatic nitrogens is 3. The summed E-state index contributed by atoms with van der Waals surface area (Å²) in [4.78, 5) is 8.39. The molecule has 2 aromatic heterocycles. The molecular formula is C12H8ClN3OS. The molecule has 6 heteroatoms. The SMILES string of the molecule is ClC(c1ccccc1)c1nc(-c2cscn2)no1. The highest BCUT2D eigenvalue weighted by Gasteiger charge is 2.19. The highest BCUT2D eigenvalue weighted by molar-refractivity contribution is 7.07. The predicted octanol–water partition coefficient (Wildman–Crippen LogP) is 3.52. The minimum absolute atomic E-state index is 0.380. The van der Waals surface area contributed by atoms with E-state index in [4.69, 9.17) is 16.1 Å². The van der Waals surface area contributed by atoms with Gasteiger partial charge in [0.2, 0.25) is 11.7 Å². The van der Waals surface area contributed by atoms with Crippen molar-refractivity contribution in [2.45, 2.75) is 5.38 Å². The Morgan fingerprint density at radius 1 is 1.22 bits per heavy atom. The number of benzene rings is 1. The largest absolute Gasteiger partial charge is 0.337 e. The third-order valence-corrected chi connectivity index (χ3v) is 3.44. The van der Waals surface area contributed by atoms with Gasteiger partial charge in [-0.2, -0.15) is 4.98 Å². The molecule has 3 rings (SSSR count). The standard InChI is InChI=1S/C12H8ClN3OS/c13-10(8-4-2-1-3-5-8)12-15-11(16-17-12)9-6-18-7-14-9/h1-7,10H. The van der Waals surface area contributed by atoms with Crippen LogP contribution < -0.4 is 0 Å². The number of alkyl halides is 1. The minimum Gasteiger partial charge on any atom is -0.337 e. The second kappa shape index (κ2) is 4.88. The van der Waals surface area contributed by atoms with Gasteiger partial charge in [0, 0.05) is 5.38 Å². The van der Waals surface area contributed by atoms with Gasteiger partial charge in [-0.1, -0.05) is 35.5 Å². The number of nitrogens with zero attached hydrogens (tertiary/aromatic N) is 3. The van der Waals surface area contributed by atoms with Crippen molar-refractivity contribution < 1.29 is 4.52 Å². The Morgan fingerprint density at radius 2 is 2.06 bits per heavy atom. The second-order valence-electron chi connectivity index (χ2n) is 3.60. The van der Waals surface area contributed by atoms with Gasteiger partial charge in [-0.05, 0) is 5.56 Å². The van der Waals surface area contributed by atoms with Crippen LogP contribution in [0.3, 0.4) is 0 Å². The summed E-state index contributed by atoms with van der Waals surface area (Å²) in [6.45, 7) is 0. The molecule has 4 nitrogen and oxygen atoms in total. The van der Waals surface area contributed by atoms with Gasteiger partial charge in [0.05, 0.1) is 5.51 Å². The zero-order valence-corrected chi connectivity index (χ0v) is 10.7. The van der Waals surface area contributed by atoms with Crippen LogP contribution in [0.15, 0.2) is 45.7 Å². The summed E-state index contributed by atoms with van der Waals surface area (Å²) in [6, 6.07) is 9.61. The molecule has 90 valence electrons. The van der Waals surface area contributed by atoms with Gasteiger partial charge >= 0.3 is 0 Å². The van der Waals surface area contributed by atoms with E-state index in [0.717, 1.165) is 5.56 Å². The molecule has 0 fully saturated rings. The van der Waals surface area contributed by atoms with E-state index in [9.17, 15) is 0 Å². The van der Waals surface area contributed by atoms with Gasteiger partial charge in [0.25, 0.3) is 0 Å². The van der Waals surface area contributed by atoms with Gasteiger partial charge in [-0.15, -0.1) is 22.9 Å². The Kier molecular flexibility index (Phi) is 3.08. The van der Waals surface area contributed by atoms with Crippen LogP contribution in [0.2, 0.25) is 0 Å². The lowest BCUT2D eigenvalue weighted by atomic mass is 10.1. The molecule has 0 bridgehead atoms. The number of halogens is 1. The fourth-order valence-electron chi connectivity index (χ4n) is 1.53. The van der Waals surface area contributed by atoms with E-state index in [1.807, 2.05) is 35.7 Å². The van der Waals surface area contributed by atoms with Gasteiger partial charge in [-0.25, -0.2) is 4.98 Å². The summed E-state index contributed by atoms with van der Waals surface area (Å²) in [5, 5.41) is 5.30. The van der Waals surface area contributed by atoms with Crippen molar-refractivity contribution in [3.8, 4) is 11.5 Å². The Morgan fingerprint density at radius 3 is 2.78 bits per heavy atom. The van der Waals surface area contributed by atoms with E-state index < -0.39 is 5.38 Å². The first-order valence-electron chi connectivity index (χ1n) is 5.26. The average molecular weight is 278 g/mol. The van der Waals surface area contributed by atoms with Crippen molar-refractivity contribution in [1.29, 1.82) is 0 Å². The van der Waals surface area contributed by atoms with Crippen LogP contribution >= 0.6 is 22.9 Å². The first-order valence-corrected chi connectivity index (χ1v) is 6.63. The molecular weight excluding hydrogens is 270 g/mol. The van der Waals surface area contributed by atoms with E-state index in [1.54, 1.807) is 5.51 Å². The Labute approximate surface area is 112 Å². The summed E-state index contributed by atoms with van der Waals surface area (Å²) in [5.74, 6) is 0.846. The van der Waals surface area contributed by atoms with Crippen LogP contribution in [-0.2, 0) is 0 Å². The highest BCUT2D eigenvalue weighted by Crippen LogP contribution is 2.28. The predicted molar refractivity (Wildman–Crippen MR) is 69.5 cm³/mol. The van der Waals surface area contributed by atoms with E-state index in [0.29, 0.717) is 17.4 Å². The van der Waals surface area contributed by atoms with E-state index >= 15 is 0 Å². The molecule has 1 unspecified atom stereocenters. The molecule has 0 spiro atoms. The lowest BCUT2D eigenvalue weighted by Gasteiger charge is -2.03. The van der Waals surface area contributed by atoms with Crippen LogP contribution in [0.1, 0.15) is 16.8 Å². The van der Waals surface area contributed by atoms with Crippen molar-refractivity contribution in [1.82, 2.24) is 15.1 Å². The number of hydrogen-bond donors (Lipinski definition) is 0. The van der Waals surface area contributed by atoms with E-state index in [1.165, 1.54) is 11.3 Å². The maximum Gasteiger partial charge on any atom is 0.249 e. The normalized spacial score (nSPS) is 12.5. The van der Waals surface area contributed by atoms with Gasteiger partial charge < -0.3 is 4.52 Å². The zero-order chi connectivity index (χ0) is 12.4. The van der Waals surface area contributed by atoms with E-state index in [-0.39, 0.29) is 0 Å². The number of thiazole rings is 1. The molecule has 0 aliphatic heterocycles. The third-order valence-electron chi connectivity index (χ3n) is 2.41. The summed E-state index contributed by atoms with van der Waals surface area (Å²) >= 11 is 7.77. The molecule has 1 atom stereocenters. The summed E-state index contributed by atoms with van der Waals surface area (Å²) in [6.07, 6.45) is 0. The lowest BCUT2D eigenvalue weighted by molar-refractivity contribution is 0.383. The summed E-state index contributed by atoms with van der Waals surface area (Å²) < 4.78 is 5.18. The van der Waals surface area contributed by atoms with Crippen LogP contribution in [0.5, 0.6) is 0 Å². The molecule has 0 amide bonds. The van der Waals surface area contributed by atoms with Crippen LogP contribution in [0.4, 0.5) is 0 Å². The zero-order valence-electron chi connectivity index (χ0n) is 9.15. The second-order valence-corrected chi connectivity index (χ2v) is 4.76. The van der Waals surface area contributed by atoms with Crippen LogP contribution in [0.25, 0.3) is 11.5 Å². The van der Waals surface area contributed by atoms with Crippen molar-refractivity contribution in [3.05, 3.63) is 52.7 Å². The van der Waals surface area contributed by atoms with Crippen LogP contribution in [0, 0.1) is 0 Å². The Bertz CT molecular complexity index is 624. The van der Waals surface area contributed by atoms with Crippen molar-refractivity contribution in [2.75, 3.05) is 0 Å². The Balaban J connectivity index is 1.90. The molecule has 0 radical (unpaired) electrons. The molecule has 1 aromatic carbocycles. The molecule has 2 heterocycles. The maximum atomic E-state index is 6.29. The molecule has 0 saturated carbocycles. The quantitative estimate of drug-likeness (QED) is 0.687. The van der Waals surface area contributed by atoms with Gasteiger partial charge in [0.15, 0.2) is 0 Å². The first kappa shape index (κ1) is 11.4. The molecule has 0 N–H and O–H groups in total. The van der Waals surface area contributed by atoms with Crippen LogP contribution in [-0.4, -0.2) is 15.1 Å². The maximum absolute atomic E-state index is 6.29. The fraction of sp³-hybridized carbons (Fsp3) is 0.0833. The minimum atomic E-state index is -0.439. The fourth-order valence-corrected chi connectivity index (χ4v) is 2.29. The highest BCUT2D eigenvalue weighted by atomic mass is 35.5. The molecule has 0 aliphatic rings. The smallest absolute Gasteiger partial charge is 0.249 e. The lowest BCUT2D eigenvalue weighted by Crippen LogP contribution is -1.93. The van der Waals surface area contributed by atoms with Crippen molar-refractivity contribution in [2.24, 2.45) is 0 Å². The van der Waals surface area contributed by atoms with Gasteiger partial charge in [-0.3, -0.25) is 0 Å². The summed E-state index contributed by atoms with van der Waals surface area (Å²) in [5.41, 5.74) is 3.35. The number of rotatable bonds is 3. The topological polar surface area (TPSA) is 51.8 Å². The monoisotopic (exact) mass is 277 g/mol. The first-order chi connectivity index (χ1) is 8.84. The summed E-state index contributed by atoms with van der Waals surface area (Å²) in [7, 11) is 0. The van der Waals surface area contributed by atoms with Gasteiger partial charge in [0.1, 0.15) is 11.1 Å². The number of hydrogen-bond acceptors (Lipinski definition) is 5. The molecule has 3 aromatic rings.